The van der Waals surface area contributed by atoms with Crippen LogP contribution in [0.1, 0.15) is 25.0 Å². The summed E-state index contributed by atoms with van der Waals surface area (Å²) >= 11 is 0. The van der Waals surface area contributed by atoms with Crippen LogP contribution >= 0.6 is 0 Å². The standard InChI is InChI=1S/C16H20N2.C2H4/c1-16(2,13-8-4-6-10-15(13)18)11-12-7-3-5-9-14(12)17;1-2/h3-10H,11,17-18H2,1-2H3;1-2H2. The lowest BCUT2D eigenvalue weighted by molar-refractivity contribution is 0.525. The van der Waals surface area contributed by atoms with Crippen LogP contribution < -0.4 is 11.5 Å². The molecule has 0 unspecified atom stereocenters. The molecule has 0 aliphatic carbocycles. The molecule has 4 N–H and O–H groups in total. The smallest absolute Gasteiger partial charge is 0.0352 e. The first-order valence-electron chi connectivity index (χ1n) is 6.69. The van der Waals surface area contributed by atoms with E-state index in [9.17, 15) is 0 Å². The lowest BCUT2D eigenvalue weighted by Crippen LogP contribution is -2.22. The van der Waals surface area contributed by atoms with E-state index >= 15 is 0 Å². The van der Waals surface area contributed by atoms with Crippen LogP contribution in [0.25, 0.3) is 0 Å². The van der Waals surface area contributed by atoms with Gasteiger partial charge in [-0.2, -0.15) is 0 Å². The van der Waals surface area contributed by atoms with Crippen LogP contribution in [0.2, 0.25) is 0 Å². The molecule has 2 aromatic rings. The second kappa shape index (κ2) is 6.80. The predicted octanol–water partition coefficient (Wildman–Crippen LogP) is 4.17. The molecule has 0 aliphatic rings. The molecule has 0 amide bonds. The summed E-state index contributed by atoms with van der Waals surface area (Å²) in [4.78, 5) is 0. The molecule has 0 atom stereocenters. The molecule has 0 aliphatic heterocycles. The van der Waals surface area contributed by atoms with E-state index in [0.29, 0.717) is 0 Å². The number of nitrogens with two attached hydrogens (primary N) is 2. The molecule has 2 nitrogen and oxygen atoms in total. The summed E-state index contributed by atoms with van der Waals surface area (Å²) in [5, 5.41) is 0. The van der Waals surface area contributed by atoms with E-state index in [-0.39, 0.29) is 5.41 Å². The second-order valence-corrected chi connectivity index (χ2v) is 5.35. The fourth-order valence-corrected chi connectivity index (χ4v) is 2.38. The van der Waals surface area contributed by atoms with Gasteiger partial charge in [-0.1, -0.05) is 50.2 Å². The Balaban J connectivity index is 0.000000956. The highest BCUT2D eigenvalue weighted by Gasteiger charge is 2.23. The van der Waals surface area contributed by atoms with Gasteiger partial charge < -0.3 is 11.5 Å². The Kier molecular flexibility index (Phi) is 5.39. The van der Waals surface area contributed by atoms with E-state index in [4.69, 9.17) is 11.5 Å². The van der Waals surface area contributed by atoms with E-state index in [1.54, 1.807) is 0 Å². The molecule has 20 heavy (non-hydrogen) atoms. The lowest BCUT2D eigenvalue weighted by atomic mass is 9.78. The van der Waals surface area contributed by atoms with Crippen molar-refractivity contribution >= 4 is 11.4 Å². The van der Waals surface area contributed by atoms with Crippen LogP contribution in [0.5, 0.6) is 0 Å². The first-order valence-corrected chi connectivity index (χ1v) is 6.69. The largest absolute Gasteiger partial charge is 0.399 e. The lowest BCUT2D eigenvalue weighted by Gasteiger charge is -2.27. The molecule has 2 aromatic carbocycles. The minimum absolute atomic E-state index is 0.0270. The minimum Gasteiger partial charge on any atom is -0.399 e. The van der Waals surface area contributed by atoms with Gasteiger partial charge in [0, 0.05) is 11.4 Å². The summed E-state index contributed by atoms with van der Waals surface area (Å²) in [6.07, 6.45) is 0.883. The van der Waals surface area contributed by atoms with Gasteiger partial charge in [-0.3, -0.25) is 0 Å². The highest BCUT2D eigenvalue weighted by molar-refractivity contribution is 5.53. The van der Waals surface area contributed by atoms with Gasteiger partial charge in [-0.15, -0.1) is 13.2 Å². The minimum atomic E-state index is -0.0270. The maximum absolute atomic E-state index is 6.07. The Morgan fingerprint density at radius 3 is 1.90 bits per heavy atom. The van der Waals surface area contributed by atoms with Gasteiger partial charge in [0.1, 0.15) is 0 Å². The van der Waals surface area contributed by atoms with Crippen LogP contribution in [-0.4, -0.2) is 0 Å². The molecule has 2 heteroatoms. The van der Waals surface area contributed by atoms with Gasteiger partial charge in [-0.05, 0) is 35.1 Å². The highest BCUT2D eigenvalue weighted by Crippen LogP contribution is 2.32. The first kappa shape index (κ1) is 15.8. The van der Waals surface area contributed by atoms with Crippen LogP contribution in [0.4, 0.5) is 11.4 Å². The van der Waals surface area contributed by atoms with Gasteiger partial charge in [0.05, 0.1) is 0 Å². The zero-order valence-electron chi connectivity index (χ0n) is 12.4. The first-order chi connectivity index (χ1) is 9.50. The molecule has 0 heterocycles. The number of nitrogen functional groups attached to an aromatic ring is 2. The summed E-state index contributed by atoms with van der Waals surface area (Å²) in [7, 11) is 0. The van der Waals surface area contributed by atoms with Crippen molar-refractivity contribution in [1.82, 2.24) is 0 Å². The Hall–Kier alpha value is -2.22. The average Bonchev–Trinajstić information content (AvgIpc) is 2.44. The van der Waals surface area contributed by atoms with E-state index in [1.165, 1.54) is 11.1 Å². The quantitative estimate of drug-likeness (QED) is 0.648. The Bertz CT molecular complexity index is 559. The third-order valence-corrected chi connectivity index (χ3v) is 3.38. The number of anilines is 2. The van der Waals surface area contributed by atoms with Crippen LogP contribution in [0.15, 0.2) is 61.7 Å². The fourth-order valence-electron chi connectivity index (χ4n) is 2.38. The number of hydrogen-bond donors (Lipinski definition) is 2. The van der Waals surface area contributed by atoms with E-state index in [1.807, 2.05) is 36.4 Å². The van der Waals surface area contributed by atoms with Crippen molar-refractivity contribution in [3.05, 3.63) is 72.8 Å². The van der Waals surface area contributed by atoms with Gasteiger partial charge in [0.25, 0.3) is 0 Å². The second-order valence-electron chi connectivity index (χ2n) is 5.35. The molecule has 106 valence electrons. The number of para-hydroxylation sites is 2. The van der Waals surface area contributed by atoms with Crippen molar-refractivity contribution in [2.24, 2.45) is 0 Å². The summed E-state index contributed by atoms with van der Waals surface area (Å²) < 4.78 is 0. The molecule has 0 aromatic heterocycles. The molecule has 0 fully saturated rings. The summed E-state index contributed by atoms with van der Waals surface area (Å²) in [6.45, 7) is 10.4. The van der Waals surface area contributed by atoms with Crippen molar-refractivity contribution in [2.75, 3.05) is 11.5 Å². The number of benzene rings is 2. The van der Waals surface area contributed by atoms with Gasteiger partial charge in [-0.25, -0.2) is 0 Å². The van der Waals surface area contributed by atoms with Crippen molar-refractivity contribution < 1.29 is 0 Å². The van der Waals surface area contributed by atoms with Crippen molar-refractivity contribution in [1.29, 1.82) is 0 Å². The SMILES string of the molecule is C=C.CC(C)(Cc1ccccc1N)c1ccccc1N. The molecule has 0 saturated carbocycles. The maximum atomic E-state index is 6.07. The molecule has 0 bridgehead atoms. The summed E-state index contributed by atoms with van der Waals surface area (Å²) in [5.41, 5.74) is 16.1. The van der Waals surface area contributed by atoms with Crippen LogP contribution in [0.3, 0.4) is 0 Å². The highest BCUT2D eigenvalue weighted by atomic mass is 14.6. The van der Waals surface area contributed by atoms with Crippen molar-refractivity contribution in [3.8, 4) is 0 Å². The third kappa shape index (κ3) is 3.64. The van der Waals surface area contributed by atoms with E-state index in [2.05, 4.69) is 39.1 Å². The van der Waals surface area contributed by atoms with Crippen molar-refractivity contribution in [2.45, 2.75) is 25.7 Å². The topological polar surface area (TPSA) is 52.0 Å². The zero-order chi connectivity index (χ0) is 15.2. The Labute approximate surface area is 122 Å². The molecule has 0 saturated heterocycles. The van der Waals surface area contributed by atoms with Gasteiger partial charge in [0.15, 0.2) is 0 Å². The third-order valence-electron chi connectivity index (χ3n) is 3.38. The zero-order valence-corrected chi connectivity index (χ0v) is 12.4. The average molecular weight is 268 g/mol. The molecule has 0 spiro atoms. The fraction of sp³-hybridized carbons (Fsp3) is 0.222. The Morgan fingerprint density at radius 2 is 1.35 bits per heavy atom. The molecular formula is C18H24N2. The van der Waals surface area contributed by atoms with E-state index < -0.39 is 0 Å². The predicted molar refractivity (Wildman–Crippen MR) is 89.7 cm³/mol. The van der Waals surface area contributed by atoms with Crippen molar-refractivity contribution in [3.63, 3.8) is 0 Å². The number of hydrogen-bond acceptors (Lipinski definition) is 2. The maximum Gasteiger partial charge on any atom is 0.0352 e. The summed E-state index contributed by atoms with van der Waals surface area (Å²) in [6, 6.07) is 16.0. The molecule has 0 radical (unpaired) electrons. The molecular weight excluding hydrogens is 244 g/mol. The van der Waals surface area contributed by atoms with Crippen LogP contribution in [-0.2, 0) is 11.8 Å². The Morgan fingerprint density at radius 1 is 0.850 bits per heavy atom. The van der Waals surface area contributed by atoms with Gasteiger partial charge >= 0.3 is 0 Å². The van der Waals surface area contributed by atoms with Gasteiger partial charge in [0.2, 0.25) is 0 Å². The normalized spacial score (nSPS) is 10.5. The van der Waals surface area contributed by atoms with Crippen LogP contribution in [0, 0.1) is 0 Å². The summed E-state index contributed by atoms with van der Waals surface area (Å²) in [5.74, 6) is 0. The number of rotatable bonds is 3. The van der Waals surface area contributed by atoms with E-state index in [0.717, 1.165) is 17.8 Å². The monoisotopic (exact) mass is 268 g/mol. The molecule has 2 rings (SSSR count).